The highest BCUT2D eigenvalue weighted by molar-refractivity contribution is 7.10. The topological polar surface area (TPSA) is 53.1 Å². The average Bonchev–Trinajstić information content (AvgIpc) is 3.41. The molecule has 3 heterocycles. The Kier molecular flexibility index (Phi) is 8.51. The van der Waals surface area contributed by atoms with E-state index in [1.165, 1.54) is 16.5 Å². The van der Waals surface area contributed by atoms with E-state index in [1.807, 2.05) is 53.1 Å². The Morgan fingerprint density at radius 3 is 2.66 bits per heavy atom. The van der Waals surface area contributed by atoms with Gasteiger partial charge >= 0.3 is 0 Å². The van der Waals surface area contributed by atoms with E-state index in [0.717, 1.165) is 24.1 Å². The van der Waals surface area contributed by atoms with Crippen molar-refractivity contribution in [3.05, 3.63) is 93.4 Å². The Hall–Kier alpha value is -3.07. The van der Waals surface area contributed by atoms with Crippen LogP contribution in [0.1, 0.15) is 41.0 Å². The van der Waals surface area contributed by atoms with E-state index in [1.54, 1.807) is 23.5 Å². The molecule has 3 aromatic rings. The highest BCUT2D eigenvalue weighted by atomic mass is 32.1. The zero-order valence-corrected chi connectivity index (χ0v) is 22.5. The maximum absolute atomic E-state index is 14.1. The summed E-state index contributed by atoms with van der Waals surface area (Å²) >= 11 is 1.75. The number of piperazine rings is 1. The molecule has 1 aromatic heterocycles. The van der Waals surface area contributed by atoms with Crippen molar-refractivity contribution in [2.45, 2.75) is 38.5 Å². The van der Waals surface area contributed by atoms with Crippen LogP contribution in [0.2, 0.25) is 0 Å². The van der Waals surface area contributed by atoms with Crippen LogP contribution in [0.3, 0.4) is 0 Å². The van der Waals surface area contributed by atoms with Crippen LogP contribution in [-0.4, -0.2) is 71.9 Å². The summed E-state index contributed by atoms with van der Waals surface area (Å²) in [4.78, 5) is 33.3. The van der Waals surface area contributed by atoms with Crippen LogP contribution in [0.5, 0.6) is 0 Å². The van der Waals surface area contributed by atoms with Crippen molar-refractivity contribution in [3.63, 3.8) is 0 Å². The van der Waals surface area contributed by atoms with Crippen LogP contribution in [0, 0.1) is 5.82 Å². The third-order valence-corrected chi connectivity index (χ3v) is 8.48. The molecule has 0 unspecified atom stereocenters. The zero-order chi connectivity index (χ0) is 26.5. The minimum Gasteiger partial charge on any atom is -0.367 e. The lowest BCUT2D eigenvalue weighted by atomic mass is 9.93. The predicted molar refractivity (Wildman–Crippen MR) is 146 cm³/mol. The molecule has 2 amide bonds. The Morgan fingerprint density at radius 1 is 1.03 bits per heavy atom. The molecule has 1 fully saturated rings. The first-order valence-electron chi connectivity index (χ1n) is 13.2. The van der Waals surface area contributed by atoms with Gasteiger partial charge in [0.15, 0.2) is 0 Å². The number of hydrogen-bond donors (Lipinski definition) is 0. The number of carbonyl (C=O) groups excluding carboxylic acids is 2. The van der Waals surface area contributed by atoms with Crippen LogP contribution < -0.4 is 0 Å². The fraction of sp³-hybridized carbons (Fsp3) is 0.400. The molecule has 2 aromatic carbocycles. The third kappa shape index (κ3) is 6.14. The van der Waals surface area contributed by atoms with Crippen molar-refractivity contribution in [1.29, 1.82) is 0 Å². The number of carbonyl (C=O) groups is 2. The van der Waals surface area contributed by atoms with E-state index >= 15 is 0 Å². The fourth-order valence-corrected chi connectivity index (χ4v) is 6.45. The van der Waals surface area contributed by atoms with Gasteiger partial charge in [0.2, 0.25) is 11.8 Å². The molecule has 0 bridgehead atoms. The zero-order valence-electron chi connectivity index (χ0n) is 21.7. The van der Waals surface area contributed by atoms with E-state index in [2.05, 4.69) is 16.3 Å². The van der Waals surface area contributed by atoms with Gasteiger partial charge in [0.25, 0.3) is 0 Å². The third-order valence-electron chi connectivity index (χ3n) is 7.48. The highest BCUT2D eigenvalue weighted by Gasteiger charge is 2.32. The molecule has 1 saturated heterocycles. The highest BCUT2D eigenvalue weighted by Crippen LogP contribution is 2.38. The van der Waals surface area contributed by atoms with Crippen molar-refractivity contribution in [3.8, 4) is 0 Å². The maximum Gasteiger partial charge on any atom is 0.248 e. The number of benzene rings is 2. The first-order valence-corrected chi connectivity index (χ1v) is 14.1. The second-order valence-corrected chi connectivity index (χ2v) is 11.0. The summed E-state index contributed by atoms with van der Waals surface area (Å²) in [6.07, 6.45) is 1.34. The Morgan fingerprint density at radius 2 is 1.87 bits per heavy atom. The summed E-state index contributed by atoms with van der Waals surface area (Å²) in [6.45, 7) is 5.42. The average molecular weight is 536 g/mol. The van der Waals surface area contributed by atoms with Crippen LogP contribution in [0.15, 0.2) is 66.0 Å². The molecule has 8 heteroatoms. The molecule has 6 nitrogen and oxygen atoms in total. The quantitative estimate of drug-likeness (QED) is 0.426. The molecule has 5 rings (SSSR count). The lowest BCUT2D eigenvalue weighted by molar-refractivity contribution is -0.146. The normalized spacial score (nSPS) is 19.8. The summed E-state index contributed by atoms with van der Waals surface area (Å²) in [6, 6.07) is 18.6. The van der Waals surface area contributed by atoms with Crippen LogP contribution in [0.4, 0.5) is 4.39 Å². The minimum absolute atomic E-state index is 0.0359. The summed E-state index contributed by atoms with van der Waals surface area (Å²) < 4.78 is 19.7. The van der Waals surface area contributed by atoms with Gasteiger partial charge in [-0.05, 0) is 53.6 Å². The van der Waals surface area contributed by atoms with E-state index in [0.29, 0.717) is 39.2 Å². The second kappa shape index (κ2) is 12.2. The molecular weight excluding hydrogens is 501 g/mol. The van der Waals surface area contributed by atoms with Crippen molar-refractivity contribution < 1.29 is 18.7 Å². The number of halogens is 1. The molecule has 0 radical (unpaired) electrons. The van der Waals surface area contributed by atoms with Gasteiger partial charge in [-0.2, -0.15) is 0 Å². The summed E-state index contributed by atoms with van der Waals surface area (Å²) in [5.74, 6) is -0.190. The van der Waals surface area contributed by atoms with E-state index in [4.69, 9.17) is 4.74 Å². The molecule has 2 atom stereocenters. The van der Waals surface area contributed by atoms with Crippen molar-refractivity contribution in [1.82, 2.24) is 14.7 Å². The van der Waals surface area contributed by atoms with Gasteiger partial charge in [-0.3, -0.25) is 14.5 Å². The molecule has 0 aliphatic carbocycles. The number of hydrogen-bond acceptors (Lipinski definition) is 5. The van der Waals surface area contributed by atoms with E-state index < -0.39 is 0 Å². The number of fused-ring (bicyclic) bond motifs is 1. The van der Waals surface area contributed by atoms with Crippen LogP contribution in [-0.2, 0) is 27.4 Å². The standard InChI is InChI=1S/C30H34FN3O3S/c1-22-19-33(15-16-34(22)29(36)21-37-20-23-6-3-2-4-7-23)28(35)11-14-32-13-10-27-26(12-17-38-27)30(32)24-8-5-9-25(31)18-24/h2-9,12,17-18,22,30H,10-11,13-16,19-21H2,1H3/t22-,30-/m0/s1. The monoisotopic (exact) mass is 535 g/mol. The number of amides is 2. The van der Waals surface area contributed by atoms with E-state index in [9.17, 15) is 14.0 Å². The number of nitrogens with zero attached hydrogens (tertiary/aromatic N) is 3. The molecule has 2 aliphatic heterocycles. The Balaban J connectivity index is 1.13. The van der Waals surface area contributed by atoms with Gasteiger partial charge in [-0.1, -0.05) is 42.5 Å². The smallest absolute Gasteiger partial charge is 0.248 e. The first-order chi connectivity index (χ1) is 18.5. The Bertz CT molecular complexity index is 1250. The van der Waals surface area contributed by atoms with Gasteiger partial charge in [0.1, 0.15) is 12.4 Å². The molecular formula is C30H34FN3O3S. The van der Waals surface area contributed by atoms with Gasteiger partial charge in [-0.15, -0.1) is 11.3 Å². The summed E-state index contributed by atoms with van der Waals surface area (Å²) in [7, 11) is 0. The minimum atomic E-state index is -0.243. The molecule has 0 spiro atoms. The van der Waals surface area contributed by atoms with Gasteiger partial charge < -0.3 is 14.5 Å². The summed E-state index contributed by atoms with van der Waals surface area (Å²) in [5.41, 5.74) is 3.17. The number of thiophene rings is 1. The predicted octanol–water partition coefficient (Wildman–Crippen LogP) is 4.50. The van der Waals surface area contributed by atoms with Gasteiger partial charge in [-0.25, -0.2) is 4.39 Å². The van der Waals surface area contributed by atoms with E-state index in [-0.39, 0.29) is 36.3 Å². The van der Waals surface area contributed by atoms with Crippen LogP contribution >= 0.6 is 11.3 Å². The Labute approximate surface area is 227 Å². The van der Waals surface area contributed by atoms with Gasteiger partial charge in [0, 0.05) is 50.1 Å². The maximum atomic E-state index is 14.1. The number of rotatable bonds is 8. The molecule has 0 N–H and O–H groups in total. The van der Waals surface area contributed by atoms with Crippen LogP contribution in [0.25, 0.3) is 0 Å². The van der Waals surface area contributed by atoms with Crippen molar-refractivity contribution >= 4 is 23.2 Å². The fourth-order valence-electron chi connectivity index (χ4n) is 5.54. The lowest BCUT2D eigenvalue weighted by Gasteiger charge is -2.40. The molecule has 200 valence electrons. The van der Waals surface area contributed by atoms with Gasteiger partial charge in [0.05, 0.1) is 12.6 Å². The summed E-state index contributed by atoms with van der Waals surface area (Å²) in [5, 5.41) is 2.10. The molecule has 2 aliphatic rings. The first kappa shape index (κ1) is 26.5. The van der Waals surface area contributed by atoms with Crippen molar-refractivity contribution in [2.24, 2.45) is 0 Å². The number of ether oxygens (including phenoxy) is 1. The van der Waals surface area contributed by atoms with Crippen molar-refractivity contribution in [2.75, 3.05) is 39.3 Å². The lowest BCUT2D eigenvalue weighted by Crippen LogP contribution is -2.56. The largest absolute Gasteiger partial charge is 0.367 e. The molecule has 38 heavy (non-hydrogen) atoms. The molecule has 0 saturated carbocycles. The SMILES string of the molecule is C[C@H]1CN(C(=O)CCN2CCc3sccc3[C@@H]2c2cccc(F)c2)CCN1C(=O)COCc1ccccc1. The second-order valence-electron chi connectivity index (χ2n) is 10.0.